The molecule has 1 heterocycles. The summed E-state index contributed by atoms with van der Waals surface area (Å²) in [5.74, 6) is -4.26. The van der Waals surface area contributed by atoms with Crippen molar-refractivity contribution in [2.45, 2.75) is 5.92 Å². The summed E-state index contributed by atoms with van der Waals surface area (Å²) in [5.41, 5.74) is -0.234. The van der Waals surface area contributed by atoms with Crippen LogP contribution in [0.25, 0.3) is 10.9 Å². The molecule has 0 aliphatic carbocycles. The molecule has 0 saturated heterocycles. The van der Waals surface area contributed by atoms with Crippen molar-refractivity contribution >= 4 is 10.9 Å². The molecule has 3 aromatic rings. The number of fused-ring (bicyclic) bond motifs is 1. The molecule has 0 spiro atoms. The molecule has 0 unspecified atom stereocenters. The Morgan fingerprint density at radius 2 is 1.74 bits per heavy atom. The average Bonchev–Trinajstić information content (AvgIpc) is 2.86. The number of aromatic amines is 1. The molecule has 1 aromatic heterocycles. The molecule has 0 aliphatic rings. The molecule has 0 amide bonds. The van der Waals surface area contributed by atoms with Gasteiger partial charge in [-0.3, -0.25) is 0 Å². The predicted octanol–water partition coefficient (Wildman–Crippen LogP) is 4.45. The van der Waals surface area contributed by atoms with Crippen molar-refractivity contribution in [1.82, 2.24) is 4.98 Å². The molecule has 1 N–H and O–H groups in total. The van der Waals surface area contributed by atoms with Gasteiger partial charge in [-0.2, -0.15) is 8.78 Å². The van der Waals surface area contributed by atoms with E-state index in [1.165, 1.54) is 24.3 Å². The number of hydrogen-bond acceptors (Lipinski definition) is 0. The van der Waals surface area contributed by atoms with Crippen LogP contribution in [0, 0.1) is 5.82 Å². The fourth-order valence-corrected chi connectivity index (χ4v) is 2.11. The highest BCUT2D eigenvalue weighted by Crippen LogP contribution is 2.37. The predicted molar refractivity (Wildman–Crippen MR) is 67.7 cm³/mol. The maximum absolute atomic E-state index is 14.3. The van der Waals surface area contributed by atoms with E-state index >= 15 is 0 Å². The van der Waals surface area contributed by atoms with Gasteiger partial charge in [0.25, 0.3) is 0 Å². The molecule has 0 radical (unpaired) electrons. The van der Waals surface area contributed by atoms with Crippen LogP contribution in [0.2, 0.25) is 0 Å². The quantitative estimate of drug-likeness (QED) is 0.701. The Kier molecular flexibility index (Phi) is 2.59. The molecule has 96 valence electrons. The molecular weight excluding hydrogens is 251 g/mol. The number of alkyl halides is 2. The first-order valence-corrected chi connectivity index (χ1v) is 5.79. The second-order valence-electron chi connectivity index (χ2n) is 4.33. The lowest BCUT2D eigenvalue weighted by Crippen LogP contribution is -2.17. The zero-order valence-electron chi connectivity index (χ0n) is 9.83. The third-order valence-corrected chi connectivity index (χ3v) is 3.13. The fourth-order valence-electron chi connectivity index (χ4n) is 2.11. The Bertz CT molecular complexity index is 731. The largest absolute Gasteiger partial charge is 0.361 e. The molecule has 0 bridgehead atoms. The maximum atomic E-state index is 14.3. The highest BCUT2D eigenvalue weighted by molar-refractivity contribution is 5.80. The summed E-state index contributed by atoms with van der Waals surface area (Å²) in [5, 5.41) is 0.841. The first-order chi connectivity index (χ1) is 9.09. The van der Waals surface area contributed by atoms with Crippen LogP contribution in [0.3, 0.4) is 0 Å². The highest BCUT2D eigenvalue weighted by atomic mass is 19.3. The zero-order valence-corrected chi connectivity index (χ0v) is 9.83. The summed E-state index contributed by atoms with van der Waals surface area (Å²) in [6, 6.07) is 11.0. The summed E-state index contributed by atoms with van der Waals surface area (Å²) in [6.07, 6.45) is 1.68. The monoisotopic (exact) mass is 261 g/mol. The van der Waals surface area contributed by atoms with Gasteiger partial charge in [0, 0.05) is 17.3 Å². The Morgan fingerprint density at radius 1 is 0.947 bits per heavy atom. The number of rotatable bonds is 2. The van der Waals surface area contributed by atoms with Crippen LogP contribution in [0.4, 0.5) is 13.2 Å². The zero-order chi connectivity index (χ0) is 13.5. The first kappa shape index (κ1) is 11.8. The van der Waals surface area contributed by atoms with E-state index in [2.05, 4.69) is 4.98 Å². The van der Waals surface area contributed by atoms with Crippen LogP contribution < -0.4 is 0 Å². The Hall–Kier alpha value is -2.23. The molecule has 0 atom stereocenters. The number of benzene rings is 2. The number of nitrogens with one attached hydrogen (secondary N) is 1. The smallest absolute Gasteiger partial charge is 0.301 e. The lowest BCUT2D eigenvalue weighted by molar-refractivity contribution is 0.0390. The van der Waals surface area contributed by atoms with Crippen LogP contribution in [-0.4, -0.2) is 4.98 Å². The van der Waals surface area contributed by atoms with Crippen LogP contribution >= 0.6 is 0 Å². The van der Waals surface area contributed by atoms with Gasteiger partial charge in [-0.05, 0) is 29.7 Å². The van der Waals surface area contributed by atoms with Gasteiger partial charge in [-0.25, -0.2) is 4.39 Å². The van der Waals surface area contributed by atoms with Gasteiger partial charge in [-0.15, -0.1) is 0 Å². The van der Waals surface area contributed by atoms with E-state index in [9.17, 15) is 13.2 Å². The lowest BCUT2D eigenvalue weighted by Gasteiger charge is -2.17. The number of H-pyrrole nitrogens is 1. The van der Waals surface area contributed by atoms with Gasteiger partial charge >= 0.3 is 5.92 Å². The van der Waals surface area contributed by atoms with Gasteiger partial charge in [0.05, 0.1) is 5.56 Å². The normalized spacial score (nSPS) is 11.9. The van der Waals surface area contributed by atoms with Gasteiger partial charge in [0.2, 0.25) is 0 Å². The van der Waals surface area contributed by atoms with E-state index in [0.717, 1.165) is 17.5 Å². The SMILES string of the molecule is Fc1ccccc1C(F)(F)c1ccc2cc[nH]c2c1. The molecule has 19 heavy (non-hydrogen) atoms. The van der Waals surface area contributed by atoms with E-state index in [1.54, 1.807) is 18.3 Å². The maximum Gasteiger partial charge on any atom is 0.301 e. The van der Waals surface area contributed by atoms with E-state index in [0.29, 0.717) is 5.52 Å². The minimum absolute atomic E-state index is 0.229. The van der Waals surface area contributed by atoms with Crippen LogP contribution in [-0.2, 0) is 5.92 Å². The van der Waals surface area contributed by atoms with Crippen molar-refractivity contribution in [2.24, 2.45) is 0 Å². The summed E-state index contributed by atoms with van der Waals surface area (Å²) in [7, 11) is 0. The lowest BCUT2D eigenvalue weighted by atomic mass is 9.99. The second kappa shape index (κ2) is 4.16. The van der Waals surface area contributed by atoms with Gasteiger partial charge in [0.15, 0.2) is 0 Å². The van der Waals surface area contributed by atoms with Gasteiger partial charge in [0.1, 0.15) is 5.82 Å². The van der Waals surface area contributed by atoms with Crippen molar-refractivity contribution in [3.8, 4) is 0 Å². The van der Waals surface area contributed by atoms with E-state index < -0.39 is 17.3 Å². The number of aromatic nitrogens is 1. The van der Waals surface area contributed by atoms with E-state index in [1.807, 2.05) is 0 Å². The molecular formula is C15H10F3N. The number of hydrogen-bond donors (Lipinski definition) is 1. The summed E-state index contributed by atoms with van der Waals surface area (Å²) >= 11 is 0. The fraction of sp³-hybridized carbons (Fsp3) is 0.0667. The molecule has 3 rings (SSSR count). The Morgan fingerprint density at radius 3 is 2.53 bits per heavy atom. The molecule has 0 aliphatic heterocycles. The van der Waals surface area contributed by atoms with Crippen molar-refractivity contribution in [3.63, 3.8) is 0 Å². The molecule has 0 saturated carbocycles. The average molecular weight is 261 g/mol. The molecule has 1 nitrogen and oxygen atoms in total. The van der Waals surface area contributed by atoms with Gasteiger partial charge in [-0.1, -0.05) is 24.3 Å². The third-order valence-electron chi connectivity index (χ3n) is 3.13. The number of halogens is 3. The highest BCUT2D eigenvalue weighted by Gasteiger charge is 2.36. The van der Waals surface area contributed by atoms with Crippen LogP contribution in [0.1, 0.15) is 11.1 Å². The minimum atomic E-state index is -3.36. The Balaban J connectivity index is 2.15. The topological polar surface area (TPSA) is 15.8 Å². The van der Waals surface area contributed by atoms with E-state index in [-0.39, 0.29) is 5.56 Å². The van der Waals surface area contributed by atoms with Crippen LogP contribution in [0.5, 0.6) is 0 Å². The van der Waals surface area contributed by atoms with Gasteiger partial charge < -0.3 is 4.98 Å². The molecule has 2 aromatic carbocycles. The van der Waals surface area contributed by atoms with Crippen molar-refractivity contribution in [2.75, 3.05) is 0 Å². The third kappa shape index (κ3) is 1.89. The standard InChI is InChI=1S/C15H10F3N/c16-13-4-2-1-3-12(13)15(17,18)11-6-5-10-7-8-19-14(10)9-11/h1-9,19H. The first-order valence-electron chi connectivity index (χ1n) is 5.79. The van der Waals surface area contributed by atoms with E-state index in [4.69, 9.17) is 0 Å². The summed E-state index contributed by atoms with van der Waals surface area (Å²) < 4.78 is 42.2. The van der Waals surface area contributed by atoms with Crippen molar-refractivity contribution in [3.05, 3.63) is 71.7 Å². The second-order valence-corrected chi connectivity index (χ2v) is 4.33. The molecule has 4 heteroatoms. The molecule has 0 fully saturated rings. The van der Waals surface area contributed by atoms with Crippen molar-refractivity contribution < 1.29 is 13.2 Å². The van der Waals surface area contributed by atoms with Crippen LogP contribution in [0.15, 0.2) is 54.7 Å². The Labute approximate surface area is 107 Å². The summed E-state index contributed by atoms with van der Waals surface area (Å²) in [4.78, 5) is 2.87. The van der Waals surface area contributed by atoms with Crippen molar-refractivity contribution in [1.29, 1.82) is 0 Å². The summed E-state index contributed by atoms with van der Waals surface area (Å²) in [6.45, 7) is 0. The minimum Gasteiger partial charge on any atom is -0.361 e.